The molecular formula is C17H23N3O4S. The molecule has 0 saturated carbocycles. The predicted octanol–water partition coefficient (Wildman–Crippen LogP) is 1.81. The highest BCUT2D eigenvalue weighted by molar-refractivity contribution is 7.89. The molecule has 0 amide bonds. The van der Waals surface area contributed by atoms with Gasteiger partial charge in [-0.3, -0.25) is 4.90 Å². The zero-order valence-corrected chi connectivity index (χ0v) is 15.5. The van der Waals surface area contributed by atoms with E-state index < -0.39 is 10.0 Å². The Balaban J connectivity index is 1.64. The van der Waals surface area contributed by atoms with Gasteiger partial charge in [0.15, 0.2) is 0 Å². The minimum Gasteiger partial charge on any atom is -0.497 e. The number of hydrogen-bond donors (Lipinski definition) is 0. The fourth-order valence-corrected chi connectivity index (χ4v) is 4.40. The average Bonchev–Trinajstić information content (AvgIpc) is 2.94. The third kappa shape index (κ3) is 3.70. The molecule has 136 valence electrons. The zero-order chi connectivity index (χ0) is 18.0. The van der Waals surface area contributed by atoms with E-state index in [0.29, 0.717) is 36.8 Å². The number of hydrogen-bond acceptors (Lipinski definition) is 6. The van der Waals surface area contributed by atoms with E-state index in [4.69, 9.17) is 9.26 Å². The van der Waals surface area contributed by atoms with Gasteiger partial charge in [-0.25, -0.2) is 8.42 Å². The molecule has 2 aromatic rings. The molecule has 0 N–H and O–H groups in total. The Kier molecular flexibility index (Phi) is 5.12. The lowest BCUT2D eigenvalue weighted by Crippen LogP contribution is -2.48. The first-order valence-corrected chi connectivity index (χ1v) is 9.64. The highest BCUT2D eigenvalue weighted by Gasteiger charge is 2.29. The maximum Gasteiger partial charge on any atom is 0.243 e. The number of nitrogens with zero attached hydrogens (tertiary/aromatic N) is 3. The van der Waals surface area contributed by atoms with Crippen molar-refractivity contribution < 1.29 is 17.7 Å². The monoisotopic (exact) mass is 365 g/mol. The quantitative estimate of drug-likeness (QED) is 0.804. The van der Waals surface area contributed by atoms with Crippen molar-refractivity contribution in [2.45, 2.75) is 25.3 Å². The molecule has 1 saturated heterocycles. The summed E-state index contributed by atoms with van der Waals surface area (Å²) in [4.78, 5) is 2.53. The van der Waals surface area contributed by atoms with Crippen molar-refractivity contribution >= 4 is 10.0 Å². The zero-order valence-electron chi connectivity index (χ0n) is 14.7. The summed E-state index contributed by atoms with van der Waals surface area (Å²) in [6.45, 7) is 6.86. The fraction of sp³-hybridized carbons (Fsp3) is 0.471. The Labute approximate surface area is 148 Å². The minimum absolute atomic E-state index is 0.299. The van der Waals surface area contributed by atoms with E-state index in [-0.39, 0.29) is 0 Å². The Morgan fingerprint density at radius 3 is 2.28 bits per heavy atom. The number of benzene rings is 1. The molecule has 1 fully saturated rings. The van der Waals surface area contributed by atoms with Crippen LogP contribution in [0.25, 0.3) is 0 Å². The molecule has 0 radical (unpaired) electrons. The second kappa shape index (κ2) is 7.15. The Hall–Kier alpha value is -1.90. The van der Waals surface area contributed by atoms with Crippen molar-refractivity contribution in [2.24, 2.45) is 0 Å². The van der Waals surface area contributed by atoms with Crippen molar-refractivity contribution in [1.29, 1.82) is 0 Å². The molecule has 1 aliphatic rings. The third-order valence-electron chi connectivity index (χ3n) is 4.59. The van der Waals surface area contributed by atoms with Crippen molar-refractivity contribution in [3.8, 4) is 5.75 Å². The number of aryl methyl sites for hydroxylation is 2. The van der Waals surface area contributed by atoms with E-state index in [0.717, 1.165) is 23.6 Å². The number of ether oxygens (including phenoxy) is 1. The van der Waals surface area contributed by atoms with Gasteiger partial charge in [-0.1, -0.05) is 5.16 Å². The van der Waals surface area contributed by atoms with Crippen LogP contribution in [0.15, 0.2) is 33.7 Å². The molecule has 1 aliphatic heterocycles. The molecule has 1 aromatic carbocycles. The summed E-state index contributed by atoms with van der Waals surface area (Å²) in [5.74, 6) is 1.47. The first-order valence-electron chi connectivity index (χ1n) is 8.20. The van der Waals surface area contributed by atoms with E-state index in [1.165, 1.54) is 0 Å². The lowest BCUT2D eigenvalue weighted by atomic mass is 10.2. The van der Waals surface area contributed by atoms with Crippen LogP contribution in [0.2, 0.25) is 0 Å². The second-order valence-electron chi connectivity index (χ2n) is 6.16. The van der Waals surface area contributed by atoms with E-state index in [1.54, 1.807) is 35.7 Å². The largest absolute Gasteiger partial charge is 0.497 e. The molecule has 0 atom stereocenters. The topological polar surface area (TPSA) is 75.9 Å². The molecule has 0 aliphatic carbocycles. The molecule has 0 bridgehead atoms. The molecule has 1 aromatic heterocycles. The van der Waals surface area contributed by atoms with Crippen LogP contribution in [0.1, 0.15) is 17.0 Å². The van der Waals surface area contributed by atoms with Gasteiger partial charge in [-0.15, -0.1) is 0 Å². The van der Waals surface area contributed by atoms with Crippen LogP contribution in [0.4, 0.5) is 0 Å². The van der Waals surface area contributed by atoms with Gasteiger partial charge in [0.05, 0.1) is 17.7 Å². The van der Waals surface area contributed by atoms with Crippen LogP contribution in [-0.4, -0.2) is 56.1 Å². The van der Waals surface area contributed by atoms with Crippen LogP contribution >= 0.6 is 0 Å². The number of methoxy groups -OCH3 is 1. The fourth-order valence-electron chi connectivity index (χ4n) is 2.98. The van der Waals surface area contributed by atoms with Crippen LogP contribution in [-0.2, 0) is 16.6 Å². The van der Waals surface area contributed by atoms with Crippen molar-refractivity contribution in [2.75, 3.05) is 33.3 Å². The van der Waals surface area contributed by atoms with Gasteiger partial charge in [0.25, 0.3) is 0 Å². The third-order valence-corrected chi connectivity index (χ3v) is 6.50. The first-order chi connectivity index (χ1) is 11.9. The van der Waals surface area contributed by atoms with Crippen LogP contribution in [0.5, 0.6) is 5.75 Å². The lowest BCUT2D eigenvalue weighted by Gasteiger charge is -2.33. The van der Waals surface area contributed by atoms with Gasteiger partial charge in [-0.2, -0.15) is 4.31 Å². The van der Waals surface area contributed by atoms with Gasteiger partial charge in [-0.05, 0) is 38.1 Å². The van der Waals surface area contributed by atoms with Crippen molar-refractivity contribution in [3.63, 3.8) is 0 Å². The van der Waals surface area contributed by atoms with Gasteiger partial charge in [0, 0.05) is 38.3 Å². The van der Waals surface area contributed by atoms with E-state index in [2.05, 4.69) is 10.1 Å². The Morgan fingerprint density at radius 1 is 1.12 bits per heavy atom. The van der Waals surface area contributed by atoms with E-state index in [1.807, 2.05) is 13.8 Å². The maximum atomic E-state index is 12.8. The van der Waals surface area contributed by atoms with Crippen LogP contribution < -0.4 is 4.74 Å². The normalized spacial score (nSPS) is 16.9. The minimum atomic E-state index is -3.47. The van der Waals surface area contributed by atoms with Gasteiger partial charge in [0.2, 0.25) is 10.0 Å². The average molecular weight is 365 g/mol. The molecule has 2 heterocycles. The number of piperazine rings is 1. The molecule has 8 heteroatoms. The van der Waals surface area contributed by atoms with Crippen LogP contribution in [0.3, 0.4) is 0 Å². The summed E-state index contributed by atoms with van der Waals surface area (Å²) in [6.07, 6.45) is 0. The van der Waals surface area contributed by atoms with Gasteiger partial charge < -0.3 is 9.26 Å². The SMILES string of the molecule is COc1ccc(S(=O)(=O)N2CCN(Cc3c(C)noc3C)CC2)cc1. The summed E-state index contributed by atoms with van der Waals surface area (Å²) in [5.41, 5.74) is 1.98. The molecule has 0 unspecified atom stereocenters. The summed E-state index contributed by atoms with van der Waals surface area (Å²) in [6, 6.07) is 6.51. The molecular weight excluding hydrogens is 342 g/mol. The highest BCUT2D eigenvalue weighted by atomic mass is 32.2. The summed E-state index contributed by atoms with van der Waals surface area (Å²) in [7, 11) is -1.91. The highest BCUT2D eigenvalue weighted by Crippen LogP contribution is 2.22. The van der Waals surface area contributed by atoms with Crippen molar-refractivity contribution in [3.05, 3.63) is 41.3 Å². The van der Waals surface area contributed by atoms with Gasteiger partial charge >= 0.3 is 0 Å². The predicted molar refractivity (Wildman–Crippen MR) is 93.0 cm³/mol. The lowest BCUT2D eigenvalue weighted by molar-refractivity contribution is 0.180. The molecule has 25 heavy (non-hydrogen) atoms. The molecule has 7 nitrogen and oxygen atoms in total. The van der Waals surface area contributed by atoms with E-state index in [9.17, 15) is 8.42 Å². The van der Waals surface area contributed by atoms with Gasteiger partial charge in [0.1, 0.15) is 11.5 Å². The van der Waals surface area contributed by atoms with Crippen molar-refractivity contribution in [1.82, 2.24) is 14.4 Å². The Bertz CT molecular complexity index is 803. The number of sulfonamides is 1. The van der Waals surface area contributed by atoms with E-state index >= 15 is 0 Å². The Morgan fingerprint density at radius 2 is 1.76 bits per heavy atom. The number of aromatic nitrogens is 1. The van der Waals surface area contributed by atoms with Crippen LogP contribution in [0, 0.1) is 13.8 Å². The molecule has 0 spiro atoms. The molecule has 3 rings (SSSR count). The summed E-state index contributed by atoms with van der Waals surface area (Å²) in [5, 5.41) is 3.97. The standard InChI is InChI=1S/C17H23N3O4S/c1-13-17(14(2)24-18-13)12-19-8-10-20(11-9-19)25(21,22)16-6-4-15(23-3)5-7-16/h4-7H,8-12H2,1-3H3. The first kappa shape index (κ1) is 17.9. The smallest absolute Gasteiger partial charge is 0.243 e. The summed E-state index contributed by atoms with van der Waals surface area (Å²) < 4.78 is 37.3. The summed E-state index contributed by atoms with van der Waals surface area (Å²) >= 11 is 0. The second-order valence-corrected chi connectivity index (χ2v) is 8.10. The number of rotatable bonds is 5. The maximum absolute atomic E-state index is 12.8.